The molecule has 0 heterocycles. The Balaban J connectivity index is 3.76. The van der Waals surface area contributed by atoms with Gasteiger partial charge in [-0.2, -0.15) is 0 Å². The Bertz CT molecular complexity index is 350. The number of amides is 1. The monoisotopic (exact) mass is 256 g/mol. The third kappa shape index (κ3) is 7.56. The highest BCUT2D eigenvalue weighted by Gasteiger charge is 2.08. The molecule has 0 rings (SSSR count). The van der Waals surface area contributed by atoms with Gasteiger partial charge in [-0.3, -0.25) is 9.59 Å². The topological polar surface area (TPSA) is 109 Å². The van der Waals surface area contributed by atoms with Gasteiger partial charge in [0.1, 0.15) is 5.78 Å². The van der Waals surface area contributed by atoms with Crippen LogP contribution in [0.1, 0.15) is 33.1 Å². The van der Waals surface area contributed by atoms with E-state index in [-0.39, 0.29) is 11.4 Å². The zero-order chi connectivity index (χ0) is 14.1. The van der Waals surface area contributed by atoms with Crippen molar-refractivity contribution < 1.29 is 19.5 Å². The fraction of sp³-hybridized carbons (Fsp3) is 0.583. The van der Waals surface area contributed by atoms with Gasteiger partial charge in [-0.15, -0.1) is 0 Å². The molecular formula is C12H20N2O4. The van der Waals surface area contributed by atoms with Crippen molar-refractivity contribution in [2.45, 2.75) is 39.2 Å². The summed E-state index contributed by atoms with van der Waals surface area (Å²) in [7, 11) is 0. The van der Waals surface area contributed by atoms with Crippen molar-refractivity contribution in [2.75, 3.05) is 6.54 Å². The molecular weight excluding hydrogens is 236 g/mol. The Kier molecular flexibility index (Phi) is 7.62. The summed E-state index contributed by atoms with van der Waals surface area (Å²) in [6.07, 6.45) is 2.89. The van der Waals surface area contributed by atoms with Gasteiger partial charge in [0.15, 0.2) is 0 Å². The summed E-state index contributed by atoms with van der Waals surface area (Å²) in [5.41, 5.74) is 5.71. The smallest absolute Gasteiger partial charge is 0.328 e. The molecule has 1 amide bonds. The van der Waals surface area contributed by atoms with E-state index in [4.69, 9.17) is 10.8 Å². The number of carbonyl (C=O) groups is 3. The first-order valence-electron chi connectivity index (χ1n) is 5.80. The molecule has 0 aliphatic heterocycles. The van der Waals surface area contributed by atoms with Crippen LogP contribution in [-0.2, 0) is 14.4 Å². The normalized spacial score (nSPS) is 12.9. The number of aliphatic carboxylic acids is 1. The lowest BCUT2D eigenvalue weighted by Gasteiger charge is -2.08. The average Bonchev–Trinajstić information content (AvgIpc) is 2.26. The molecule has 1 unspecified atom stereocenters. The lowest BCUT2D eigenvalue weighted by molar-refractivity contribution is -0.132. The molecule has 0 saturated carbocycles. The van der Waals surface area contributed by atoms with E-state index >= 15 is 0 Å². The number of carboxylic acids is 1. The van der Waals surface area contributed by atoms with Gasteiger partial charge in [-0.25, -0.2) is 4.79 Å². The molecule has 0 bridgehead atoms. The number of unbranched alkanes of at least 4 members (excludes halogenated alkanes) is 1. The second kappa shape index (κ2) is 8.41. The van der Waals surface area contributed by atoms with Crippen LogP contribution < -0.4 is 11.1 Å². The third-order valence-electron chi connectivity index (χ3n) is 2.45. The predicted octanol–water partition coefficient (Wildman–Crippen LogP) is 0.220. The molecule has 0 aliphatic rings. The van der Waals surface area contributed by atoms with Crippen molar-refractivity contribution in [3.63, 3.8) is 0 Å². The van der Waals surface area contributed by atoms with Gasteiger partial charge in [-0.1, -0.05) is 0 Å². The lowest BCUT2D eigenvalue weighted by atomic mass is 10.1. The number of carboxylic acid groups (broad SMARTS) is 1. The highest BCUT2D eigenvalue weighted by atomic mass is 16.4. The molecule has 6 nitrogen and oxygen atoms in total. The van der Waals surface area contributed by atoms with Gasteiger partial charge in [0.2, 0.25) is 5.91 Å². The van der Waals surface area contributed by atoms with Crippen molar-refractivity contribution in [3.8, 4) is 0 Å². The van der Waals surface area contributed by atoms with E-state index in [1.54, 1.807) is 0 Å². The average molecular weight is 256 g/mol. The minimum atomic E-state index is -1.14. The maximum atomic E-state index is 11.4. The number of hydrogen-bond donors (Lipinski definition) is 3. The number of Topliss-reactive ketones (excluding diaryl/α,β-unsaturated/α-hetero) is 1. The van der Waals surface area contributed by atoms with Crippen molar-refractivity contribution >= 4 is 17.7 Å². The molecule has 1 atom stereocenters. The first-order chi connectivity index (χ1) is 8.34. The van der Waals surface area contributed by atoms with E-state index in [2.05, 4.69) is 5.32 Å². The fourth-order valence-electron chi connectivity index (χ4n) is 1.28. The number of nitrogens with one attached hydrogen (secondary N) is 1. The Hall–Kier alpha value is -1.69. The summed E-state index contributed by atoms with van der Waals surface area (Å²) in [6.45, 7) is 3.33. The maximum absolute atomic E-state index is 11.4. The SMILES string of the molecule is CC(=O)C(N)CCCCNC(=O)/C(C)=C\C(=O)O. The van der Waals surface area contributed by atoms with Gasteiger partial charge < -0.3 is 16.2 Å². The Morgan fingerprint density at radius 1 is 1.28 bits per heavy atom. The van der Waals surface area contributed by atoms with Crippen LogP contribution >= 0.6 is 0 Å². The van der Waals surface area contributed by atoms with Crippen molar-refractivity contribution in [2.24, 2.45) is 5.73 Å². The van der Waals surface area contributed by atoms with Gasteiger partial charge in [0.25, 0.3) is 0 Å². The number of ketones is 1. The van der Waals surface area contributed by atoms with Gasteiger partial charge >= 0.3 is 5.97 Å². The molecule has 0 fully saturated rings. The van der Waals surface area contributed by atoms with Crippen LogP contribution in [0.2, 0.25) is 0 Å². The number of carbonyl (C=O) groups excluding carboxylic acids is 2. The predicted molar refractivity (Wildman–Crippen MR) is 66.9 cm³/mol. The molecule has 4 N–H and O–H groups in total. The second-order valence-corrected chi connectivity index (χ2v) is 4.13. The molecule has 0 aromatic carbocycles. The highest BCUT2D eigenvalue weighted by Crippen LogP contribution is 1.99. The Morgan fingerprint density at radius 3 is 2.39 bits per heavy atom. The maximum Gasteiger partial charge on any atom is 0.328 e. The van der Waals surface area contributed by atoms with Gasteiger partial charge in [0.05, 0.1) is 6.04 Å². The first-order valence-corrected chi connectivity index (χ1v) is 5.80. The van der Waals surface area contributed by atoms with Crippen LogP contribution in [0.15, 0.2) is 11.6 Å². The molecule has 0 saturated heterocycles. The number of nitrogens with two attached hydrogens (primary N) is 1. The second-order valence-electron chi connectivity index (χ2n) is 4.13. The zero-order valence-electron chi connectivity index (χ0n) is 10.7. The Labute approximate surface area is 106 Å². The molecule has 0 radical (unpaired) electrons. The van der Waals surface area contributed by atoms with Crippen LogP contribution in [0.3, 0.4) is 0 Å². The minimum absolute atomic E-state index is 0.0423. The van der Waals surface area contributed by atoms with Crippen molar-refractivity contribution in [1.29, 1.82) is 0 Å². The molecule has 0 aromatic heterocycles. The number of hydrogen-bond acceptors (Lipinski definition) is 4. The molecule has 18 heavy (non-hydrogen) atoms. The standard InChI is InChI=1S/C12H20N2O4/c1-8(7-11(16)17)12(18)14-6-4-3-5-10(13)9(2)15/h7,10H,3-6,13H2,1-2H3,(H,14,18)(H,16,17)/b8-7-. The van der Waals surface area contributed by atoms with Crippen LogP contribution in [0.4, 0.5) is 0 Å². The van der Waals surface area contributed by atoms with E-state index in [0.29, 0.717) is 19.4 Å². The van der Waals surface area contributed by atoms with Crippen LogP contribution in [0, 0.1) is 0 Å². The molecule has 0 spiro atoms. The van der Waals surface area contributed by atoms with E-state index in [1.165, 1.54) is 13.8 Å². The third-order valence-corrected chi connectivity index (χ3v) is 2.45. The largest absolute Gasteiger partial charge is 0.478 e. The van der Waals surface area contributed by atoms with E-state index < -0.39 is 17.9 Å². The summed E-state index contributed by atoms with van der Waals surface area (Å²) < 4.78 is 0. The van der Waals surface area contributed by atoms with Gasteiger partial charge in [0, 0.05) is 18.2 Å². The van der Waals surface area contributed by atoms with E-state index in [1.807, 2.05) is 0 Å². The molecule has 102 valence electrons. The summed E-state index contributed by atoms with van der Waals surface area (Å²) in [4.78, 5) is 32.5. The minimum Gasteiger partial charge on any atom is -0.478 e. The quantitative estimate of drug-likeness (QED) is 0.425. The summed E-state index contributed by atoms with van der Waals surface area (Å²) >= 11 is 0. The van der Waals surface area contributed by atoms with Gasteiger partial charge in [-0.05, 0) is 33.1 Å². The van der Waals surface area contributed by atoms with Crippen LogP contribution in [0.25, 0.3) is 0 Å². The summed E-state index contributed by atoms with van der Waals surface area (Å²) in [5.74, 6) is -1.58. The van der Waals surface area contributed by atoms with E-state index in [9.17, 15) is 14.4 Å². The number of rotatable bonds is 8. The van der Waals surface area contributed by atoms with Crippen molar-refractivity contribution in [1.82, 2.24) is 5.32 Å². The summed E-state index contributed by atoms with van der Waals surface area (Å²) in [5, 5.41) is 11.0. The fourth-order valence-corrected chi connectivity index (χ4v) is 1.28. The van der Waals surface area contributed by atoms with Crippen molar-refractivity contribution in [3.05, 3.63) is 11.6 Å². The zero-order valence-corrected chi connectivity index (χ0v) is 10.7. The van der Waals surface area contributed by atoms with Crippen LogP contribution in [0.5, 0.6) is 0 Å². The molecule has 0 aromatic rings. The van der Waals surface area contributed by atoms with Crippen LogP contribution in [-0.4, -0.2) is 35.4 Å². The lowest BCUT2D eigenvalue weighted by Crippen LogP contribution is -2.29. The Morgan fingerprint density at radius 2 is 1.89 bits per heavy atom. The highest BCUT2D eigenvalue weighted by molar-refractivity contribution is 5.98. The van der Waals surface area contributed by atoms with E-state index in [0.717, 1.165) is 12.5 Å². The molecule has 0 aliphatic carbocycles. The first kappa shape index (κ1) is 16.3. The molecule has 6 heteroatoms. The summed E-state index contributed by atoms with van der Waals surface area (Å²) in [6, 6.07) is -0.436.